The van der Waals surface area contributed by atoms with Gasteiger partial charge in [-0.25, -0.2) is 4.18 Å². The molecule has 0 radical (unpaired) electrons. The van der Waals surface area contributed by atoms with E-state index in [9.17, 15) is 16.8 Å². The first kappa shape index (κ1) is 21.1. The summed E-state index contributed by atoms with van der Waals surface area (Å²) in [6.07, 6.45) is 0. The van der Waals surface area contributed by atoms with E-state index in [0.29, 0.717) is 0 Å². The number of hydrogen-bond acceptors (Lipinski definition) is 7. The summed E-state index contributed by atoms with van der Waals surface area (Å²) in [5.74, 6) is 0. The first-order valence-electron chi connectivity index (χ1n) is 2.45. The minimum absolute atomic E-state index is 0. The summed E-state index contributed by atoms with van der Waals surface area (Å²) in [4.78, 5) is 0. The molecule has 0 heterocycles. The van der Waals surface area contributed by atoms with Gasteiger partial charge in [0.15, 0.2) is 0 Å². The Balaban J connectivity index is -0.000000605. The predicted molar refractivity (Wildman–Crippen MR) is 48.9 cm³/mol. The Morgan fingerprint density at radius 1 is 1.07 bits per heavy atom. The fourth-order valence-electron chi connectivity index (χ4n) is 0.264. The van der Waals surface area contributed by atoms with Gasteiger partial charge in [0.1, 0.15) is 0 Å². The average Bonchev–Trinajstić information content (AvgIpc) is 1.78. The molecular weight excluding hydrogens is 262 g/mol. The molecule has 0 saturated heterocycles. The molecule has 0 atom stereocenters. The standard InChI is InChI=1S/C2H6O8S2.2Na.2H/c3-1-2-9-12(7,8)10-11(4,5)6;;;;/h3H,1-2H2,(H,4,5,6);;;;. The molecule has 12 heteroatoms. The van der Waals surface area contributed by atoms with Crippen molar-refractivity contribution >= 4 is 79.9 Å². The van der Waals surface area contributed by atoms with Crippen LogP contribution in [0.5, 0.6) is 0 Å². The Hall–Kier alpha value is 1.74. The topological polar surface area (TPSA) is 127 Å². The molecule has 0 aliphatic carbocycles. The Morgan fingerprint density at radius 3 is 1.79 bits per heavy atom. The average molecular weight is 270 g/mol. The van der Waals surface area contributed by atoms with Crippen LogP contribution in [0.3, 0.4) is 0 Å². The maximum absolute atomic E-state index is 10.3. The molecule has 0 saturated carbocycles. The first-order valence-corrected chi connectivity index (χ1v) is 5.15. The summed E-state index contributed by atoms with van der Waals surface area (Å²) >= 11 is 0. The Morgan fingerprint density at radius 2 is 1.50 bits per heavy atom. The van der Waals surface area contributed by atoms with Gasteiger partial charge in [-0.3, -0.25) is 4.55 Å². The van der Waals surface area contributed by atoms with Gasteiger partial charge in [-0.1, -0.05) is 0 Å². The van der Waals surface area contributed by atoms with Crippen molar-refractivity contribution in [3.05, 3.63) is 0 Å². The molecule has 0 aromatic rings. The molecule has 8 nitrogen and oxygen atoms in total. The van der Waals surface area contributed by atoms with E-state index in [1.165, 1.54) is 0 Å². The second-order valence-corrected chi connectivity index (χ2v) is 3.90. The molecular formula is C2H8Na2O8S2. The van der Waals surface area contributed by atoms with Crippen molar-refractivity contribution in [2.75, 3.05) is 13.2 Å². The van der Waals surface area contributed by atoms with Gasteiger partial charge < -0.3 is 5.11 Å². The summed E-state index contributed by atoms with van der Waals surface area (Å²) in [7, 11) is -9.91. The van der Waals surface area contributed by atoms with E-state index in [0.717, 1.165) is 0 Å². The van der Waals surface area contributed by atoms with Crippen LogP contribution in [-0.4, -0.2) is 98.8 Å². The van der Waals surface area contributed by atoms with Crippen LogP contribution in [0.15, 0.2) is 0 Å². The number of hydrogen-bond donors (Lipinski definition) is 2. The molecule has 0 aliphatic heterocycles. The summed E-state index contributed by atoms with van der Waals surface area (Å²) in [5, 5.41) is 8.07. The number of rotatable bonds is 5. The molecule has 0 unspecified atom stereocenters. The maximum atomic E-state index is 10.3. The van der Waals surface area contributed by atoms with Crippen LogP contribution in [0, 0.1) is 0 Å². The van der Waals surface area contributed by atoms with Crippen molar-refractivity contribution in [3.63, 3.8) is 0 Å². The van der Waals surface area contributed by atoms with E-state index in [1.54, 1.807) is 0 Å². The van der Waals surface area contributed by atoms with E-state index in [1.807, 2.05) is 0 Å². The third-order valence-electron chi connectivity index (χ3n) is 0.488. The van der Waals surface area contributed by atoms with E-state index in [4.69, 9.17) is 9.66 Å². The van der Waals surface area contributed by atoms with E-state index < -0.39 is 34.0 Å². The molecule has 0 amide bonds. The van der Waals surface area contributed by atoms with Gasteiger partial charge in [0.2, 0.25) is 0 Å². The van der Waals surface area contributed by atoms with Gasteiger partial charge in [0.05, 0.1) is 13.2 Å². The second-order valence-electron chi connectivity index (χ2n) is 1.45. The molecule has 78 valence electrons. The molecule has 0 bridgehead atoms. The van der Waals surface area contributed by atoms with Crippen molar-refractivity contribution < 1.29 is 34.3 Å². The monoisotopic (exact) mass is 270 g/mol. The molecule has 0 aliphatic rings. The molecule has 14 heavy (non-hydrogen) atoms. The van der Waals surface area contributed by atoms with Crippen molar-refractivity contribution in [3.8, 4) is 0 Å². The Kier molecular flexibility index (Phi) is 13.3. The second kappa shape index (κ2) is 8.84. The minimum atomic E-state index is -5.11. The molecule has 0 fully saturated rings. The van der Waals surface area contributed by atoms with Crippen molar-refractivity contribution in [1.82, 2.24) is 0 Å². The third kappa shape index (κ3) is 13.7. The molecule has 0 rings (SSSR count). The number of aliphatic hydroxyl groups is 1. The summed E-state index contributed by atoms with van der Waals surface area (Å²) < 4.78 is 55.0. The molecule has 0 aromatic heterocycles. The normalized spacial score (nSPS) is 11.3. The fraction of sp³-hybridized carbons (Fsp3) is 1.00. The predicted octanol–water partition coefficient (Wildman–Crippen LogP) is -3.24. The van der Waals surface area contributed by atoms with Crippen molar-refractivity contribution in [2.24, 2.45) is 0 Å². The SMILES string of the molecule is O=S(=O)(O)OS(=O)(=O)OCCO.[NaH].[NaH]. The summed E-state index contributed by atoms with van der Waals surface area (Å²) in [6, 6.07) is 0. The molecule has 2 N–H and O–H groups in total. The zero-order chi connectivity index (χ0) is 9.83. The van der Waals surface area contributed by atoms with Gasteiger partial charge >= 0.3 is 79.9 Å². The Labute approximate surface area is 126 Å². The molecule has 0 spiro atoms. The van der Waals surface area contributed by atoms with Gasteiger partial charge in [-0.2, -0.15) is 16.8 Å². The zero-order valence-electron chi connectivity index (χ0n) is 5.57. The van der Waals surface area contributed by atoms with Gasteiger partial charge in [-0.15, -0.1) is 3.63 Å². The van der Waals surface area contributed by atoms with Crippen molar-refractivity contribution in [2.45, 2.75) is 0 Å². The third-order valence-corrected chi connectivity index (χ3v) is 2.30. The van der Waals surface area contributed by atoms with Crippen LogP contribution in [0.1, 0.15) is 0 Å². The van der Waals surface area contributed by atoms with E-state index >= 15 is 0 Å². The van der Waals surface area contributed by atoms with Crippen LogP contribution >= 0.6 is 0 Å². The van der Waals surface area contributed by atoms with Crippen LogP contribution in [0.25, 0.3) is 0 Å². The van der Waals surface area contributed by atoms with E-state index in [-0.39, 0.29) is 59.1 Å². The fourth-order valence-corrected chi connectivity index (χ4v) is 1.54. The summed E-state index contributed by atoms with van der Waals surface area (Å²) in [5.41, 5.74) is 0. The van der Waals surface area contributed by atoms with Gasteiger partial charge in [0.25, 0.3) is 0 Å². The van der Waals surface area contributed by atoms with Gasteiger partial charge in [-0.05, 0) is 0 Å². The van der Waals surface area contributed by atoms with Crippen LogP contribution < -0.4 is 0 Å². The Bertz CT molecular complexity index is 317. The quantitative estimate of drug-likeness (QED) is 0.394. The molecule has 0 aromatic carbocycles. The zero-order valence-corrected chi connectivity index (χ0v) is 7.21. The van der Waals surface area contributed by atoms with Crippen LogP contribution in [-0.2, 0) is 28.6 Å². The summed E-state index contributed by atoms with van der Waals surface area (Å²) in [6.45, 7) is -1.29. The first-order chi connectivity index (χ1) is 5.27. The van der Waals surface area contributed by atoms with Crippen molar-refractivity contribution in [1.29, 1.82) is 0 Å². The van der Waals surface area contributed by atoms with Crippen LogP contribution in [0.4, 0.5) is 0 Å². The number of aliphatic hydroxyl groups excluding tert-OH is 1. The van der Waals surface area contributed by atoms with E-state index in [2.05, 4.69) is 7.81 Å². The van der Waals surface area contributed by atoms with Gasteiger partial charge in [0, 0.05) is 0 Å². The van der Waals surface area contributed by atoms with Crippen LogP contribution in [0.2, 0.25) is 0 Å².